The molecule has 1 heterocycles. The zero-order valence-electron chi connectivity index (χ0n) is 21.2. The molecule has 196 valence electrons. The first kappa shape index (κ1) is 26.4. The van der Waals surface area contributed by atoms with Gasteiger partial charge in [-0.15, -0.1) is 0 Å². The maximum Gasteiger partial charge on any atom is 0.294 e. The van der Waals surface area contributed by atoms with E-state index in [4.69, 9.17) is 9.47 Å². The lowest BCUT2D eigenvalue weighted by molar-refractivity contribution is 0.0908. The SMILES string of the molecule is CCOc1cc(CN2CCC(NC(=O)c3cccc(S(=O)(=O)O)c3C)CC2)cc(OCC)c1C1CC1. The summed E-state index contributed by atoms with van der Waals surface area (Å²) in [6.07, 6.45) is 3.94. The van der Waals surface area contributed by atoms with Gasteiger partial charge in [0.15, 0.2) is 0 Å². The number of piperidine rings is 1. The van der Waals surface area contributed by atoms with Crippen molar-refractivity contribution < 1.29 is 27.2 Å². The van der Waals surface area contributed by atoms with Gasteiger partial charge in [0.05, 0.1) is 18.1 Å². The molecule has 8 nitrogen and oxygen atoms in total. The fourth-order valence-corrected chi connectivity index (χ4v) is 5.71. The van der Waals surface area contributed by atoms with Crippen molar-refractivity contribution in [3.63, 3.8) is 0 Å². The molecular weight excluding hydrogens is 480 g/mol. The number of amides is 1. The van der Waals surface area contributed by atoms with Gasteiger partial charge in [0.25, 0.3) is 16.0 Å². The van der Waals surface area contributed by atoms with Gasteiger partial charge in [-0.3, -0.25) is 14.2 Å². The van der Waals surface area contributed by atoms with Crippen molar-refractivity contribution in [2.45, 2.75) is 69.9 Å². The minimum absolute atomic E-state index is 0.00208. The van der Waals surface area contributed by atoms with Crippen LogP contribution in [-0.2, 0) is 16.7 Å². The minimum atomic E-state index is -4.38. The van der Waals surface area contributed by atoms with Gasteiger partial charge >= 0.3 is 0 Å². The smallest absolute Gasteiger partial charge is 0.294 e. The molecule has 4 rings (SSSR count). The highest BCUT2D eigenvalue weighted by Gasteiger charge is 2.31. The maximum absolute atomic E-state index is 12.8. The van der Waals surface area contributed by atoms with Crippen LogP contribution >= 0.6 is 0 Å². The number of carbonyl (C=O) groups is 1. The van der Waals surface area contributed by atoms with Gasteiger partial charge in [0.1, 0.15) is 11.5 Å². The minimum Gasteiger partial charge on any atom is -0.493 e. The number of hydrogen-bond donors (Lipinski definition) is 2. The molecular formula is C27H36N2O6S. The van der Waals surface area contributed by atoms with E-state index in [1.807, 2.05) is 13.8 Å². The summed E-state index contributed by atoms with van der Waals surface area (Å²) in [5, 5.41) is 3.04. The number of carbonyl (C=O) groups excluding carboxylic acids is 1. The third-order valence-corrected chi connectivity index (χ3v) is 7.88. The van der Waals surface area contributed by atoms with Crippen LogP contribution in [0.4, 0.5) is 0 Å². The standard InChI is InChI=1S/C27H36N2O6S/c1-4-34-23-15-19(16-24(35-5-2)26(23)20-9-10-20)17-29-13-11-21(12-14-29)28-27(30)22-7-6-8-25(18(22)3)36(31,32)33/h6-8,15-16,20-21H,4-5,9-14,17H2,1-3H3,(H,28,30)(H,31,32,33). The number of benzene rings is 2. The molecule has 1 saturated heterocycles. The average Bonchev–Trinajstić information content (AvgIpc) is 3.65. The van der Waals surface area contributed by atoms with Gasteiger partial charge in [-0.25, -0.2) is 0 Å². The summed E-state index contributed by atoms with van der Waals surface area (Å²) in [5.74, 6) is 2.08. The molecule has 36 heavy (non-hydrogen) atoms. The molecule has 0 bridgehead atoms. The summed E-state index contributed by atoms with van der Waals surface area (Å²) < 4.78 is 44.6. The van der Waals surface area contributed by atoms with E-state index in [9.17, 15) is 17.8 Å². The Labute approximate surface area is 213 Å². The van der Waals surface area contributed by atoms with Crippen molar-refractivity contribution in [3.05, 3.63) is 52.6 Å². The summed E-state index contributed by atoms with van der Waals surface area (Å²) in [6, 6.07) is 8.64. The molecule has 0 unspecified atom stereocenters. The quantitative estimate of drug-likeness (QED) is 0.453. The Kier molecular flexibility index (Phi) is 8.22. The molecule has 2 N–H and O–H groups in total. The van der Waals surface area contributed by atoms with Crippen LogP contribution in [0.2, 0.25) is 0 Å². The van der Waals surface area contributed by atoms with Gasteiger partial charge < -0.3 is 14.8 Å². The van der Waals surface area contributed by atoms with Crippen LogP contribution in [0, 0.1) is 6.92 Å². The van der Waals surface area contributed by atoms with Crippen molar-refractivity contribution >= 4 is 16.0 Å². The summed E-state index contributed by atoms with van der Waals surface area (Å²) in [6.45, 7) is 9.20. The highest BCUT2D eigenvalue weighted by Crippen LogP contribution is 2.49. The van der Waals surface area contributed by atoms with Crippen LogP contribution in [0.3, 0.4) is 0 Å². The lowest BCUT2D eigenvalue weighted by atomic mass is 10.0. The second-order valence-electron chi connectivity index (χ2n) is 9.57. The van der Waals surface area contributed by atoms with E-state index < -0.39 is 10.1 Å². The Morgan fingerprint density at radius 1 is 1.06 bits per heavy atom. The lowest BCUT2D eigenvalue weighted by Crippen LogP contribution is -2.44. The molecule has 2 aromatic carbocycles. The first-order valence-corrected chi connectivity index (χ1v) is 14.2. The molecule has 1 aliphatic heterocycles. The van der Waals surface area contributed by atoms with Crippen LogP contribution in [0.5, 0.6) is 11.5 Å². The maximum atomic E-state index is 12.8. The number of nitrogens with one attached hydrogen (secondary N) is 1. The molecule has 0 radical (unpaired) electrons. The van der Waals surface area contributed by atoms with Crippen molar-refractivity contribution in [1.29, 1.82) is 0 Å². The van der Waals surface area contributed by atoms with E-state index in [-0.39, 0.29) is 28.0 Å². The van der Waals surface area contributed by atoms with Crippen molar-refractivity contribution in [1.82, 2.24) is 10.2 Å². The van der Waals surface area contributed by atoms with E-state index in [2.05, 4.69) is 22.3 Å². The van der Waals surface area contributed by atoms with Crippen LogP contribution in [0.25, 0.3) is 0 Å². The predicted molar refractivity (Wildman–Crippen MR) is 138 cm³/mol. The zero-order valence-corrected chi connectivity index (χ0v) is 22.1. The average molecular weight is 517 g/mol. The second kappa shape index (κ2) is 11.2. The summed E-state index contributed by atoms with van der Waals surface area (Å²) in [5.41, 5.74) is 2.87. The Bertz CT molecular complexity index is 1170. The van der Waals surface area contributed by atoms with Gasteiger partial charge in [-0.1, -0.05) is 6.07 Å². The van der Waals surface area contributed by atoms with Gasteiger partial charge in [-0.05, 0) is 87.8 Å². The molecule has 1 saturated carbocycles. The molecule has 2 aliphatic rings. The van der Waals surface area contributed by atoms with E-state index in [1.165, 1.54) is 37.5 Å². The Morgan fingerprint density at radius 3 is 2.19 bits per heavy atom. The highest BCUT2D eigenvalue weighted by molar-refractivity contribution is 7.85. The molecule has 2 aromatic rings. The highest BCUT2D eigenvalue weighted by atomic mass is 32.2. The number of ether oxygens (including phenoxy) is 2. The van der Waals surface area contributed by atoms with Crippen molar-refractivity contribution in [2.24, 2.45) is 0 Å². The third-order valence-electron chi connectivity index (χ3n) is 6.88. The normalized spacial score (nSPS) is 17.1. The molecule has 0 aromatic heterocycles. The molecule has 1 aliphatic carbocycles. The van der Waals surface area contributed by atoms with Crippen LogP contribution in [0.1, 0.15) is 72.5 Å². The molecule has 0 spiro atoms. The van der Waals surface area contributed by atoms with Crippen molar-refractivity contribution in [2.75, 3.05) is 26.3 Å². The second-order valence-corrected chi connectivity index (χ2v) is 11.0. The third kappa shape index (κ3) is 6.19. The van der Waals surface area contributed by atoms with Gasteiger partial charge in [-0.2, -0.15) is 8.42 Å². The molecule has 1 amide bonds. The van der Waals surface area contributed by atoms with Crippen LogP contribution < -0.4 is 14.8 Å². The summed E-state index contributed by atoms with van der Waals surface area (Å²) in [7, 11) is -4.38. The van der Waals surface area contributed by atoms with Gasteiger partial charge in [0, 0.05) is 36.8 Å². The Hall–Kier alpha value is -2.62. The van der Waals surface area contributed by atoms with Gasteiger partial charge in [0.2, 0.25) is 0 Å². The Balaban J connectivity index is 1.39. The van der Waals surface area contributed by atoms with E-state index in [0.29, 0.717) is 19.1 Å². The summed E-state index contributed by atoms with van der Waals surface area (Å²) in [4.78, 5) is 15.0. The van der Waals surface area contributed by atoms with Crippen LogP contribution in [-0.4, -0.2) is 56.1 Å². The summed E-state index contributed by atoms with van der Waals surface area (Å²) >= 11 is 0. The van der Waals surface area contributed by atoms with Crippen molar-refractivity contribution in [3.8, 4) is 11.5 Å². The molecule has 0 atom stereocenters. The topological polar surface area (TPSA) is 105 Å². The largest absolute Gasteiger partial charge is 0.493 e. The number of nitrogens with zero attached hydrogens (tertiary/aromatic N) is 1. The predicted octanol–water partition coefficient (Wildman–Crippen LogP) is 4.31. The van der Waals surface area contributed by atoms with E-state index in [1.54, 1.807) is 6.07 Å². The fourth-order valence-electron chi connectivity index (χ4n) is 4.97. The van der Waals surface area contributed by atoms with E-state index in [0.717, 1.165) is 49.5 Å². The number of rotatable bonds is 10. The first-order chi connectivity index (χ1) is 17.2. The lowest BCUT2D eigenvalue weighted by Gasteiger charge is -2.32. The fraction of sp³-hybridized carbons (Fsp3) is 0.519. The number of likely N-dealkylation sites (tertiary alicyclic amines) is 1. The van der Waals surface area contributed by atoms with E-state index >= 15 is 0 Å². The van der Waals surface area contributed by atoms with Crippen LogP contribution in [0.15, 0.2) is 35.2 Å². The Morgan fingerprint density at radius 2 is 1.67 bits per heavy atom. The number of hydrogen-bond acceptors (Lipinski definition) is 6. The molecule has 2 fully saturated rings. The zero-order chi connectivity index (χ0) is 25.9. The molecule has 9 heteroatoms. The first-order valence-electron chi connectivity index (χ1n) is 12.7. The monoisotopic (exact) mass is 516 g/mol.